The number of rotatable bonds is 4. The molecule has 12 heavy (non-hydrogen) atoms. The number of carbonyl (C=O) groups excluding carboxylic acids is 1. The molecule has 0 rings (SSSR count). The van der Waals surface area contributed by atoms with Crippen molar-refractivity contribution < 1.29 is 24.6 Å². The van der Waals surface area contributed by atoms with Gasteiger partial charge in [0.15, 0.2) is 0 Å². The van der Waals surface area contributed by atoms with Crippen LogP contribution >= 0.6 is 0 Å². The van der Waals surface area contributed by atoms with Crippen molar-refractivity contribution in [2.24, 2.45) is 0 Å². The summed E-state index contributed by atoms with van der Waals surface area (Å²) in [5.74, 6) is -3.15. The first kappa shape index (κ1) is 10.4. The van der Waals surface area contributed by atoms with Gasteiger partial charge in [-0.15, -0.1) is 0 Å². The highest BCUT2D eigenvalue weighted by Gasteiger charge is 2.14. The van der Waals surface area contributed by atoms with Gasteiger partial charge in [0.1, 0.15) is 13.0 Å². The summed E-state index contributed by atoms with van der Waals surface area (Å²) in [6.45, 7) is -0.480. The molecule has 0 saturated heterocycles. The van der Waals surface area contributed by atoms with Crippen molar-refractivity contribution >= 4 is 17.8 Å². The quantitative estimate of drug-likeness (QED) is 0.534. The Morgan fingerprint density at radius 3 is 2.00 bits per heavy atom. The number of amides is 1. The maximum absolute atomic E-state index is 10.8. The normalized spacial score (nSPS) is 9.08. The molecular formula is C6H9NO5. The zero-order chi connectivity index (χ0) is 9.72. The molecule has 0 heterocycles. The van der Waals surface area contributed by atoms with Crippen LogP contribution in [0.25, 0.3) is 0 Å². The highest BCUT2D eigenvalue weighted by atomic mass is 16.4. The van der Waals surface area contributed by atoms with Crippen LogP contribution in [0.4, 0.5) is 0 Å². The molecule has 0 aromatic heterocycles. The lowest BCUT2D eigenvalue weighted by molar-refractivity contribution is -0.148. The number of carboxylic acid groups (broad SMARTS) is 2. The second-order valence-corrected chi connectivity index (χ2v) is 2.21. The van der Waals surface area contributed by atoms with Crippen LogP contribution in [0.5, 0.6) is 0 Å². The first-order valence-corrected chi connectivity index (χ1v) is 3.11. The Balaban J connectivity index is 3.93. The number of hydrogen-bond acceptors (Lipinski definition) is 3. The summed E-state index contributed by atoms with van der Waals surface area (Å²) in [7, 11) is 1.24. The van der Waals surface area contributed by atoms with Crippen molar-refractivity contribution in [3.63, 3.8) is 0 Å². The minimum absolute atomic E-state index is 0.480. The monoisotopic (exact) mass is 175 g/mol. The molecule has 6 nitrogen and oxygen atoms in total. The summed E-state index contributed by atoms with van der Waals surface area (Å²) < 4.78 is 0. The second-order valence-electron chi connectivity index (χ2n) is 2.21. The predicted octanol–water partition coefficient (Wildman–Crippen LogP) is -0.996. The number of likely N-dealkylation sites (N-methyl/N-ethyl adjacent to an activating group) is 1. The average molecular weight is 175 g/mol. The van der Waals surface area contributed by atoms with Gasteiger partial charge in [-0.2, -0.15) is 0 Å². The van der Waals surface area contributed by atoms with Gasteiger partial charge in [-0.05, 0) is 0 Å². The maximum Gasteiger partial charge on any atom is 0.323 e. The van der Waals surface area contributed by atoms with Crippen LogP contribution in [0.2, 0.25) is 0 Å². The zero-order valence-corrected chi connectivity index (χ0v) is 6.48. The fourth-order valence-corrected chi connectivity index (χ4v) is 0.555. The highest BCUT2D eigenvalue weighted by molar-refractivity contribution is 5.94. The van der Waals surface area contributed by atoms with E-state index in [0.29, 0.717) is 0 Å². The van der Waals surface area contributed by atoms with E-state index in [1.54, 1.807) is 0 Å². The Hall–Kier alpha value is -1.59. The van der Waals surface area contributed by atoms with Gasteiger partial charge in [-0.25, -0.2) is 0 Å². The van der Waals surface area contributed by atoms with Gasteiger partial charge >= 0.3 is 11.9 Å². The van der Waals surface area contributed by atoms with Gasteiger partial charge in [-0.1, -0.05) is 0 Å². The number of carboxylic acids is 2. The van der Waals surface area contributed by atoms with Gasteiger partial charge in [0, 0.05) is 7.05 Å². The molecule has 0 radical (unpaired) electrons. The van der Waals surface area contributed by atoms with Crippen molar-refractivity contribution in [3.8, 4) is 0 Å². The van der Waals surface area contributed by atoms with Crippen molar-refractivity contribution in [3.05, 3.63) is 0 Å². The number of carbonyl (C=O) groups is 3. The molecule has 0 unspecified atom stereocenters. The first-order valence-electron chi connectivity index (χ1n) is 3.11. The standard InChI is InChI=1S/C6H9NO5/c1-7(3-6(11)12)4(8)2-5(9)10/h2-3H2,1H3,(H,9,10)(H,11,12). The number of hydrogen-bond donors (Lipinski definition) is 2. The van der Waals surface area contributed by atoms with E-state index >= 15 is 0 Å². The fourth-order valence-electron chi connectivity index (χ4n) is 0.555. The maximum atomic E-state index is 10.8. The average Bonchev–Trinajstić information content (AvgIpc) is 1.84. The van der Waals surface area contributed by atoms with E-state index in [4.69, 9.17) is 10.2 Å². The molecule has 68 valence electrons. The molecule has 0 spiro atoms. The smallest absolute Gasteiger partial charge is 0.323 e. The third-order valence-electron chi connectivity index (χ3n) is 1.10. The summed E-state index contributed by atoms with van der Waals surface area (Å²) in [6.07, 6.45) is -0.677. The molecule has 0 bridgehead atoms. The predicted molar refractivity (Wildman–Crippen MR) is 37.5 cm³/mol. The minimum Gasteiger partial charge on any atom is -0.481 e. The van der Waals surface area contributed by atoms with E-state index in [1.807, 2.05) is 0 Å². The Bertz CT molecular complexity index is 212. The largest absolute Gasteiger partial charge is 0.481 e. The Morgan fingerprint density at radius 2 is 1.67 bits per heavy atom. The lowest BCUT2D eigenvalue weighted by Crippen LogP contribution is -2.33. The molecule has 1 amide bonds. The summed E-state index contributed by atoms with van der Waals surface area (Å²) in [4.78, 5) is 31.7. The molecule has 0 aromatic rings. The number of aliphatic carboxylic acids is 2. The molecule has 0 aliphatic carbocycles. The van der Waals surface area contributed by atoms with Crippen LogP contribution in [0, 0.1) is 0 Å². The van der Waals surface area contributed by atoms with Crippen LogP contribution < -0.4 is 0 Å². The van der Waals surface area contributed by atoms with Crippen LogP contribution in [-0.4, -0.2) is 46.6 Å². The van der Waals surface area contributed by atoms with Gasteiger partial charge < -0.3 is 15.1 Å². The molecule has 0 saturated carbocycles. The molecule has 0 aliphatic heterocycles. The Kier molecular flexibility index (Phi) is 3.75. The second kappa shape index (κ2) is 4.32. The molecule has 0 fully saturated rings. The van der Waals surface area contributed by atoms with Crippen molar-refractivity contribution in [2.75, 3.05) is 13.6 Å². The molecule has 2 N–H and O–H groups in total. The van der Waals surface area contributed by atoms with E-state index in [0.717, 1.165) is 4.90 Å². The van der Waals surface area contributed by atoms with Crippen molar-refractivity contribution in [1.82, 2.24) is 4.90 Å². The molecule has 0 atom stereocenters. The SMILES string of the molecule is CN(CC(=O)O)C(=O)CC(=O)O. The van der Waals surface area contributed by atoms with Gasteiger partial charge in [0.05, 0.1) is 0 Å². The third-order valence-corrected chi connectivity index (χ3v) is 1.10. The number of nitrogens with zero attached hydrogens (tertiary/aromatic N) is 1. The van der Waals surface area contributed by atoms with Crippen LogP contribution in [0.1, 0.15) is 6.42 Å². The van der Waals surface area contributed by atoms with Crippen molar-refractivity contribution in [2.45, 2.75) is 6.42 Å². The van der Waals surface area contributed by atoms with E-state index < -0.39 is 30.8 Å². The van der Waals surface area contributed by atoms with Crippen LogP contribution in [0.3, 0.4) is 0 Å². The lowest BCUT2D eigenvalue weighted by atomic mass is 10.4. The van der Waals surface area contributed by atoms with Gasteiger partial charge in [-0.3, -0.25) is 14.4 Å². The fraction of sp³-hybridized carbons (Fsp3) is 0.500. The molecule has 0 aromatic carbocycles. The summed E-state index contributed by atoms with van der Waals surface area (Å²) in [5.41, 5.74) is 0. The highest BCUT2D eigenvalue weighted by Crippen LogP contribution is 1.90. The van der Waals surface area contributed by atoms with Crippen molar-refractivity contribution in [1.29, 1.82) is 0 Å². The summed E-state index contributed by atoms with van der Waals surface area (Å²) in [6, 6.07) is 0. The van der Waals surface area contributed by atoms with Gasteiger partial charge in [0.25, 0.3) is 0 Å². The summed E-state index contributed by atoms with van der Waals surface area (Å²) >= 11 is 0. The van der Waals surface area contributed by atoms with Crippen LogP contribution in [0.15, 0.2) is 0 Å². The Labute approximate surface area is 68.4 Å². The Morgan fingerprint density at radius 1 is 1.17 bits per heavy atom. The van der Waals surface area contributed by atoms with E-state index in [-0.39, 0.29) is 0 Å². The lowest BCUT2D eigenvalue weighted by Gasteiger charge is -2.12. The van der Waals surface area contributed by atoms with E-state index in [2.05, 4.69) is 0 Å². The van der Waals surface area contributed by atoms with Gasteiger partial charge in [0.2, 0.25) is 5.91 Å². The minimum atomic E-state index is -1.27. The van der Waals surface area contributed by atoms with E-state index in [1.165, 1.54) is 7.05 Å². The van der Waals surface area contributed by atoms with Crippen LogP contribution in [-0.2, 0) is 14.4 Å². The third kappa shape index (κ3) is 4.26. The summed E-state index contributed by atoms with van der Waals surface area (Å²) in [5, 5.41) is 16.4. The molecule has 0 aliphatic rings. The topological polar surface area (TPSA) is 94.9 Å². The zero-order valence-electron chi connectivity index (χ0n) is 6.48. The molecular weight excluding hydrogens is 166 g/mol. The first-order chi connectivity index (χ1) is 5.43. The van der Waals surface area contributed by atoms with E-state index in [9.17, 15) is 14.4 Å². The molecule has 6 heteroatoms.